The van der Waals surface area contributed by atoms with Gasteiger partial charge in [0.15, 0.2) is 5.82 Å². The highest BCUT2D eigenvalue weighted by molar-refractivity contribution is 5.75. The zero-order valence-electron chi connectivity index (χ0n) is 8.53. The molecule has 0 amide bonds. The third-order valence-corrected chi connectivity index (χ3v) is 2.34. The largest absolute Gasteiger partial charge is 0.380 e. The van der Waals surface area contributed by atoms with Gasteiger partial charge in [0.2, 0.25) is 0 Å². The molecule has 0 aliphatic rings. The normalized spacial score (nSPS) is 10.5. The van der Waals surface area contributed by atoms with Crippen molar-refractivity contribution in [3.8, 4) is 11.1 Å². The lowest BCUT2D eigenvalue weighted by Gasteiger charge is -2.02. The van der Waals surface area contributed by atoms with Gasteiger partial charge in [-0.15, -0.1) is 0 Å². The van der Waals surface area contributed by atoms with Gasteiger partial charge in [0.25, 0.3) is 0 Å². The van der Waals surface area contributed by atoms with E-state index in [1.165, 1.54) is 0 Å². The van der Waals surface area contributed by atoms with Crippen LogP contribution in [0.5, 0.6) is 0 Å². The predicted octanol–water partition coefficient (Wildman–Crippen LogP) is 1.69. The molecule has 4 N–H and O–H groups in total. The number of aromatic nitrogens is 1. The molecule has 0 radical (unpaired) electrons. The number of hydrogen-bond acceptors (Lipinski definition) is 4. The summed E-state index contributed by atoms with van der Waals surface area (Å²) in [7, 11) is 0. The van der Waals surface area contributed by atoms with Gasteiger partial charge in [0.1, 0.15) is 5.76 Å². The fourth-order valence-corrected chi connectivity index (χ4v) is 1.59. The van der Waals surface area contributed by atoms with Gasteiger partial charge >= 0.3 is 0 Å². The second-order valence-electron chi connectivity index (χ2n) is 3.40. The summed E-state index contributed by atoms with van der Waals surface area (Å²) in [5.74, 6) is 1.14. The summed E-state index contributed by atoms with van der Waals surface area (Å²) in [5.41, 5.74) is 14.2. The minimum atomic E-state index is 0.418. The Labute approximate surface area is 87.9 Å². The topological polar surface area (TPSA) is 78.1 Å². The summed E-state index contributed by atoms with van der Waals surface area (Å²) in [5, 5.41) is 3.72. The predicted molar refractivity (Wildman–Crippen MR) is 59.0 cm³/mol. The van der Waals surface area contributed by atoms with Crippen molar-refractivity contribution in [3.63, 3.8) is 0 Å². The molecule has 0 saturated carbocycles. The average molecular weight is 203 g/mol. The van der Waals surface area contributed by atoms with E-state index in [9.17, 15) is 0 Å². The molecule has 0 unspecified atom stereocenters. The number of benzene rings is 1. The van der Waals surface area contributed by atoms with Crippen molar-refractivity contribution in [1.82, 2.24) is 5.16 Å². The third-order valence-electron chi connectivity index (χ3n) is 2.34. The van der Waals surface area contributed by atoms with E-state index >= 15 is 0 Å². The Hall–Kier alpha value is -1.81. The van der Waals surface area contributed by atoms with E-state index in [-0.39, 0.29) is 0 Å². The lowest BCUT2D eigenvalue weighted by Crippen LogP contribution is -1.96. The molecule has 15 heavy (non-hydrogen) atoms. The minimum Gasteiger partial charge on any atom is -0.380 e. The molecule has 78 valence electrons. The Balaban J connectivity index is 2.53. The van der Waals surface area contributed by atoms with Gasteiger partial charge in [-0.05, 0) is 24.1 Å². The van der Waals surface area contributed by atoms with Crippen molar-refractivity contribution in [2.75, 3.05) is 5.73 Å². The number of nitrogens with two attached hydrogens (primary N) is 2. The first-order valence-electron chi connectivity index (χ1n) is 4.73. The maximum absolute atomic E-state index is 5.73. The van der Waals surface area contributed by atoms with Crippen LogP contribution in [0.1, 0.15) is 11.3 Å². The summed E-state index contributed by atoms with van der Waals surface area (Å²) in [6, 6.07) is 7.89. The van der Waals surface area contributed by atoms with E-state index < -0.39 is 0 Å². The summed E-state index contributed by atoms with van der Waals surface area (Å²) in [6.45, 7) is 2.35. The van der Waals surface area contributed by atoms with Gasteiger partial charge in [-0.25, -0.2) is 0 Å². The molecule has 0 saturated heterocycles. The molecule has 4 heteroatoms. The zero-order valence-corrected chi connectivity index (χ0v) is 8.53. The van der Waals surface area contributed by atoms with Crippen LogP contribution in [-0.4, -0.2) is 5.16 Å². The number of anilines is 1. The van der Waals surface area contributed by atoms with E-state index in [2.05, 4.69) is 5.16 Å². The standard InChI is InChI=1S/C11H13N3O/c1-7-10(11(13)14-15-7)9-4-2-3-8(5-9)6-12/h2-5H,6,12H2,1H3,(H2,13,14). The number of hydrogen-bond donors (Lipinski definition) is 2. The second kappa shape index (κ2) is 3.74. The maximum atomic E-state index is 5.73. The summed E-state index contributed by atoms with van der Waals surface area (Å²) >= 11 is 0. The Kier molecular flexibility index (Phi) is 2.43. The lowest BCUT2D eigenvalue weighted by atomic mass is 10.0. The number of nitrogen functional groups attached to an aromatic ring is 1. The SMILES string of the molecule is Cc1onc(N)c1-c1cccc(CN)c1. The molecule has 1 heterocycles. The third kappa shape index (κ3) is 1.71. The minimum absolute atomic E-state index is 0.418. The molecule has 0 atom stereocenters. The Morgan fingerprint density at radius 1 is 1.40 bits per heavy atom. The molecule has 1 aromatic carbocycles. The molecule has 0 spiro atoms. The fraction of sp³-hybridized carbons (Fsp3) is 0.182. The van der Waals surface area contributed by atoms with Gasteiger partial charge in [-0.3, -0.25) is 0 Å². The Bertz CT molecular complexity index is 457. The Morgan fingerprint density at radius 3 is 2.80 bits per heavy atom. The molecular formula is C11H13N3O. The second-order valence-corrected chi connectivity index (χ2v) is 3.40. The summed E-state index contributed by atoms with van der Waals surface area (Å²) < 4.78 is 5.02. The van der Waals surface area contributed by atoms with Crippen LogP contribution in [0.15, 0.2) is 28.8 Å². The number of aryl methyl sites for hydroxylation is 1. The Morgan fingerprint density at radius 2 is 2.20 bits per heavy atom. The van der Waals surface area contributed by atoms with Crippen LogP contribution in [-0.2, 0) is 6.54 Å². The average Bonchev–Trinajstić information content (AvgIpc) is 2.59. The van der Waals surface area contributed by atoms with Crippen LogP contribution in [0.4, 0.5) is 5.82 Å². The summed E-state index contributed by atoms with van der Waals surface area (Å²) in [4.78, 5) is 0. The molecular weight excluding hydrogens is 190 g/mol. The molecule has 0 fully saturated rings. The van der Waals surface area contributed by atoms with Crippen LogP contribution in [0.3, 0.4) is 0 Å². The quantitative estimate of drug-likeness (QED) is 0.778. The smallest absolute Gasteiger partial charge is 0.175 e. The van der Waals surface area contributed by atoms with Crippen LogP contribution < -0.4 is 11.5 Å². The van der Waals surface area contributed by atoms with E-state index in [0.717, 1.165) is 22.5 Å². The number of rotatable bonds is 2. The molecule has 0 bridgehead atoms. The fourth-order valence-electron chi connectivity index (χ4n) is 1.59. The molecule has 2 aromatic rings. The van der Waals surface area contributed by atoms with Crippen molar-refractivity contribution in [2.24, 2.45) is 5.73 Å². The highest BCUT2D eigenvalue weighted by Gasteiger charge is 2.11. The van der Waals surface area contributed by atoms with Gasteiger partial charge in [-0.2, -0.15) is 0 Å². The van der Waals surface area contributed by atoms with Gasteiger partial charge in [-0.1, -0.05) is 23.4 Å². The first kappa shape index (κ1) is 9.73. The molecule has 0 aliphatic heterocycles. The van der Waals surface area contributed by atoms with Crippen LogP contribution in [0.2, 0.25) is 0 Å². The first-order valence-corrected chi connectivity index (χ1v) is 4.73. The van der Waals surface area contributed by atoms with Crippen LogP contribution in [0, 0.1) is 6.92 Å². The zero-order chi connectivity index (χ0) is 10.8. The van der Waals surface area contributed by atoms with E-state index in [1.807, 2.05) is 31.2 Å². The van der Waals surface area contributed by atoms with Gasteiger partial charge < -0.3 is 16.0 Å². The van der Waals surface area contributed by atoms with Crippen molar-refractivity contribution in [1.29, 1.82) is 0 Å². The van der Waals surface area contributed by atoms with E-state index in [0.29, 0.717) is 12.4 Å². The van der Waals surface area contributed by atoms with Gasteiger partial charge in [0, 0.05) is 6.54 Å². The monoisotopic (exact) mass is 203 g/mol. The van der Waals surface area contributed by atoms with Gasteiger partial charge in [0.05, 0.1) is 5.56 Å². The maximum Gasteiger partial charge on any atom is 0.175 e. The molecule has 2 rings (SSSR count). The van der Waals surface area contributed by atoms with Crippen molar-refractivity contribution < 1.29 is 4.52 Å². The lowest BCUT2D eigenvalue weighted by molar-refractivity contribution is 0.401. The van der Waals surface area contributed by atoms with Crippen molar-refractivity contribution in [2.45, 2.75) is 13.5 Å². The van der Waals surface area contributed by atoms with Crippen LogP contribution in [0.25, 0.3) is 11.1 Å². The molecule has 4 nitrogen and oxygen atoms in total. The van der Waals surface area contributed by atoms with Crippen LogP contribution >= 0.6 is 0 Å². The van der Waals surface area contributed by atoms with Crippen molar-refractivity contribution in [3.05, 3.63) is 35.6 Å². The van der Waals surface area contributed by atoms with Crippen molar-refractivity contribution >= 4 is 5.82 Å². The highest BCUT2D eigenvalue weighted by atomic mass is 16.5. The van der Waals surface area contributed by atoms with E-state index in [4.69, 9.17) is 16.0 Å². The molecule has 1 aromatic heterocycles. The van der Waals surface area contributed by atoms with E-state index in [1.54, 1.807) is 0 Å². The first-order chi connectivity index (χ1) is 7.22. The number of nitrogens with zero attached hydrogens (tertiary/aromatic N) is 1. The highest BCUT2D eigenvalue weighted by Crippen LogP contribution is 2.29. The molecule has 0 aliphatic carbocycles. The summed E-state index contributed by atoms with van der Waals surface area (Å²) in [6.07, 6.45) is 0.